The molecule has 3 N–H and O–H groups in total. The number of nitrogens with one attached hydrogen (secondary N) is 1. The van der Waals surface area contributed by atoms with Crippen molar-refractivity contribution in [3.8, 4) is 0 Å². The van der Waals surface area contributed by atoms with E-state index in [0.29, 0.717) is 6.54 Å². The Hall–Kier alpha value is -1.50. The van der Waals surface area contributed by atoms with Crippen LogP contribution in [0.4, 0.5) is 5.69 Å². The Balaban J connectivity index is 0.000000924. The summed E-state index contributed by atoms with van der Waals surface area (Å²) in [4.78, 5) is 10.3. The molecule has 0 aliphatic heterocycles. The molecule has 6 heteroatoms. The highest BCUT2D eigenvalue weighted by Crippen LogP contribution is 2.35. The Morgan fingerprint density at radius 3 is 2.70 bits per heavy atom. The Bertz CT molecular complexity index is 748. The Kier molecular flexibility index (Phi) is 6.50. The van der Waals surface area contributed by atoms with Crippen LogP contribution in [0.5, 0.6) is 0 Å². The number of nitrogens with zero attached hydrogens (tertiary/aromatic N) is 2. The van der Waals surface area contributed by atoms with E-state index in [9.17, 15) is 0 Å². The number of hydrogen-bond donors (Lipinski definition) is 2. The second kappa shape index (κ2) is 8.38. The molecule has 0 bridgehead atoms. The van der Waals surface area contributed by atoms with Crippen molar-refractivity contribution in [2.24, 2.45) is 5.73 Å². The molecule has 0 spiro atoms. The number of hydrogen-bond acceptors (Lipinski definition) is 6. The zero-order chi connectivity index (χ0) is 16.8. The van der Waals surface area contributed by atoms with Crippen molar-refractivity contribution in [2.75, 3.05) is 11.9 Å². The van der Waals surface area contributed by atoms with Crippen molar-refractivity contribution in [3.63, 3.8) is 0 Å². The van der Waals surface area contributed by atoms with Gasteiger partial charge in [0.15, 0.2) is 0 Å². The van der Waals surface area contributed by atoms with Crippen molar-refractivity contribution in [1.29, 1.82) is 0 Å². The fourth-order valence-electron chi connectivity index (χ4n) is 2.36. The lowest BCUT2D eigenvalue weighted by Crippen LogP contribution is -2.01. The molecule has 23 heavy (non-hydrogen) atoms. The second-order valence-corrected chi connectivity index (χ2v) is 7.04. The van der Waals surface area contributed by atoms with E-state index in [4.69, 9.17) is 10.7 Å². The lowest BCUT2D eigenvalue weighted by atomic mass is 10.2. The summed E-state index contributed by atoms with van der Waals surface area (Å²) in [5.41, 5.74) is 10.2. The first kappa shape index (κ1) is 17.8. The van der Waals surface area contributed by atoms with E-state index >= 15 is 0 Å². The summed E-state index contributed by atoms with van der Waals surface area (Å²) < 4.78 is 1.22. The number of nitrogens with two attached hydrogens (primary N) is 1. The molecule has 0 radical (unpaired) electrons. The summed E-state index contributed by atoms with van der Waals surface area (Å²) in [7, 11) is 0. The molecule has 0 aromatic carbocycles. The van der Waals surface area contributed by atoms with Crippen molar-refractivity contribution < 1.29 is 0 Å². The Morgan fingerprint density at radius 2 is 2.04 bits per heavy atom. The minimum atomic E-state index is 0.675. The molecule has 0 atom stereocenters. The standard InChI is InChI=1S/C15H18N4S2.C2H6/c1-9-7-11(18-8-13-17-5-6-20-13)15-14(19-9)10(2)12(21-15)3-4-16;1-2/h5-7H,3-4,8,16H2,1-2H3,(H,18,19);1-2H3. The minimum absolute atomic E-state index is 0.675. The molecule has 0 saturated carbocycles. The van der Waals surface area contributed by atoms with E-state index in [1.54, 1.807) is 22.7 Å². The molecule has 124 valence electrons. The van der Waals surface area contributed by atoms with Crippen molar-refractivity contribution in [2.45, 2.75) is 40.7 Å². The van der Waals surface area contributed by atoms with Crippen molar-refractivity contribution in [1.82, 2.24) is 9.97 Å². The minimum Gasteiger partial charge on any atom is -0.377 e. The highest BCUT2D eigenvalue weighted by molar-refractivity contribution is 7.19. The van der Waals surface area contributed by atoms with E-state index in [1.165, 1.54) is 15.1 Å². The van der Waals surface area contributed by atoms with Crippen molar-refractivity contribution in [3.05, 3.63) is 38.8 Å². The van der Waals surface area contributed by atoms with Crippen LogP contribution < -0.4 is 11.1 Å². The van der Waals surface area contributed by atoms with Gasteiger partial charge in [0.2, 0.25) is 0 Å². The molecule has 0 aliphatic carbocycles. The number of aromatic nitrogens is 2. The smallest absolute Gasteiger partial charge is 0.112 e. The van der Waals surface area contributed by atoms with Gasteiger partial charge in [-0.15, -0.1) is 22.7 Å². The number of rotatable bonds is 5. The maximum atomic E-state index is 5.71. The van der Waals surface area contributed by atoms with Gasteiger partial charge in [-0.1, -0.05) is 13.8 Å². The summed E-state index contributed by atoms with van der Waals surface area (Å²) in [6, 6.07) is 2.11. The highest BCUT2D eigenvalue weighted by atomic mass is 32.1. The molecule has 0 aliphatic rings. The fraction of sp³-hybridized carbons (Fsp3) is 0.412. The molecular formula is C17H24N4S2. The molecular weight excluding hydrogens is 324 g/mol. The molecule has 0 amide bonds. The van der Waals surface area contributed by atoms with Gasteiger partial charge in [-0.2, -0.15) is 0 Å². The molecule has 3 aromatic heterocycles. The topological polar surface area (TPSA) is 63.8 Å². The molecule has 0 unspecified atom stereocenters. The summed E-state index contributed by atoms with van der Waals surface area (Å²) in [5.74, 6) is 0. The van der Waals surface area contributed by atoms with Crippen molar-refractivity contribution >= 4 is 38.6 Å². The first-order chi connectivity index (χ1) is 11.2. The number of pyridine rings is 1. The summed E-state index contributed by atoms with van der Waals surface area (Å²) >= 11 is 3.46. The first-order valence-corrected chi connectivity index (χ1v) is 9.60. The van der Waals surface area contributed by atoms with Gasteiger partial charge in [-0.3, -0.25) is 4.98 Å². The van der Waals surface area contributed by atoms with Gasteiger partial charge in [-0.25, -0.2) is 4.98 Å². The Labute approximate surface area is 145 Å². The van der Waals surface area contributed by atoms with E-state index in [0.717, 1.165) is 34.9 Å². The van der Waals surface area contributed by atoms with Crippen LogP contribution in [0.3, 0.4) is 0 Å². The second-order valence-electron chi connectivity index (χ2n) is 4.96. The van der Waals surface area contributed by atoms with Gasteiger partial charge in [0, 0.05) is 22.1 Å². The van der Waals surface area contributed by atoms with Crippen LogP contribution in [0.2, 0.25) is 0 Å². The number of fused-ring (bicyclic) bond motifs is 1. The lowest BCUT2D eigenvalue weighted by Gasteiger charge is -2.07. The normalized spacial score (nSPS) is 10.5. The van der Waals surface area contributed by atoms with Crippen LogP contribution >= 0.6 is 22.7 Å². The van der Waals surface area contributed by atoms with Gasteiger partial charge in [-0.05, 0) is 38.4 Å². The zero-order valence-corrected chi connectivity index (χ0v) is 15.8. The summed E-state index contributed by atoms with van der Waals surface area (Å²) in [6.07, 6.45) is 2.75. The van der Waals surface area contributed by atoms with Crippen LogP contribution in [0.25, 0.3) is 10.2 Å². The Morgan fingerprint density at radius 1 is 1.26 bits per heavy atom. The maximum Gasteiger partial charge on any atom is 0.112 e. The van der Waals surface area contributed by atoms with E-state index < -0.39 is 0 Å². The number of thiophene rings is 1. The number of thiazole rings is 1. The maximum absolute atomic E-state index is 5.71. The monoisotopic (exact) mass is 348 g/mol. The third-order valence-electron chi connectivity index (χ3n) is 3.38. The highest BCUT2D eigenvalue weighted by Gasteiger charge is 2.13. The summed E-state index contributed by atoms with van der Waals surface area (Å²) in [6.45, 7) is 9.60. The van der Waals surface area contributed by atoms with E-state index in [2.05, 4.69) is 23.3 Å². The van der Waals surface area contributed by atoms with Crippen LogP contribution in [-0.2, 0) is 13.0 Å². The molecule has 3 aromatic rings. The predicted molar refractivity (Wildman–Crippen MR) is 103 cm³/mol. The van der Waals surface area contributed by atoms with Gasteiger partial charge < -0.3 is 11.1 Å². The van der Waals surface area contributed by atoms with Gasteiger partial charge in [0.25, 0.3) is 0 Å². The lowest BCUT2D eigenvalue weighted by molar-refractivity contribution is 0.980. The predicted octanol–water partition coefficient (Wildman–Crippen LogP) is 4.51. The van der Waals surface area contributed by atoms with Crippen LogP contribution in [-0.4, -0.2) is 16.5 Å². The first-order valence-electron chi connectivity index (χ1n) is 7.91. The largest absolute Gasteiger partial charge is 0.377 e. The van der Waals surface area contributed by atoms with Gasteiger partial charge >= 0.3 is 0 Å². The third kappa shape index (κ3) is 4.07. The van der Waals surface area contributed by atoms with Crippen LogP contribution in [0.15, 0.2) is 17.6 Å². The molecule has 3 heterocycles. The third-order valence-corrected chi connectivity index (χ3v) is 5.54. The molecule has 4 nitrogen and oxygen atoms in total. The summed E-state index contributed by atoms with van der Waals surface area (Å²) in [5, 5.41) is 6.59. The quantitative estimate of drug-likeness (QED) is 0.712. The fourth-order valence-corrected chi connectivity index (χ4v) is 4.17. The molecule has 0 fully saturated rings. The SMILES string of the molecule is CC.Cc1cc(NCc2nccs2)c2sc(CCN)c(C)c2n1. The number of aryl methyl sites for hydroxylation is 2. The van der Waals surface area contributed by atoms with E-state index in [-0.39, 0.29) is 0 Å². The zero-order valence-electron chi connectivity index (χ0n) is 14.1. The number of anilines is 1. The van der Waals surface area contributed by atoms with Crippen LogP contribution in [0.1, 0.15) is 35.0 Å². The molecule has 0 saturated heterocycles. The molecule has 3 rings (SSSR count). The van der Waals surface area contributed by atoms with Gasteiger partial charge in [0.05, 0.1) is 22.4 Å². The van der Waals surface area contributed by atoms with Crippen LogP contribution in [0, 0.1) is 13.8 Å². The average Bonchev–Trinajstić information content (AvgIpc) is 3.18. The van der Waals surface area contributed by atoms with Gasteiger partial charge in [0.1, 0.15) is 5.01 Å². The van der Waals surface area contributed by atoms with E-state index in [1.807, 2.05) is 32.3 Å². The average molecular weight is 349 g/mol.